The van der Waals surface area contributed by atoms with Gasteiger partial charge in [-0.1, -0.05) is 0 Å². The van der Waals surface area contributed by atoms with E-state index in [1.54, 1.807) is 0 Å². The van der Waals surface area contributed by atoms with Gasteiger partial charge >= 0.3 is 0 Å². The van der Waals surface area contributed by atoms with Crippen LogP contribution in [0.5, 0.6) is 0 Å². The Morgan fingerprint density at radius 1 is 1.12 bits per heavy atom. The van der Waals surface area contributed by atoms with Crippen LogP contribution in [-0.4, -0.2) is 29.3 Å². The molecule has 1 atom stereocenters. The molecule has 16 heavy (non-hydrogen) atoms. The maximum atomic E-state index is 13.3. The maximum Gasteiger partial charge on any atom is 0.253 e. The number of pyridine rings is 1. The van der Waals surface area contributed by atoms with Crippen molar-refractivity contribution in [3.8, 4) is 0 Å². The lowest BCUT2D eigenvalue weighted by Crippen LogP contribution is -2.25. The van der Waals surface area contributed by atoms with E-state index >= 15 is 0 Å². The molecule has 1 aliphatic heterocycles. The number of β-amino-alcohol motifs (C(OH)–C–C–N with tert-alkyl or cyclic N) is 1. The summed E-state index contributed by atoms with van der Waals surface area (Å²) in [5.41, 5.74) is -0.804. The van der Waals surface area contributed by atoms with Crippen LogP contribution in [0.25, 0.3) is 0 Å². The van der Waals surface area contributed by atoms with Crippen molar-refractivity contribution in [2.24, 2.45) is 0 Å². The van der Waals surface area contributed by atoms with Crippen LogP contribution in [0.15, 0.2) is 0 Å². The molecule has 0 amide bonds. The van der Waals surface area contributed by atoms with Crippen molar-refractivity contribution < 1.29 is 22.7 Å². The smallest absolute Gasteiger partial charge is 0.253 e. The Labute approximate surface area is 88.3 Å². The minimum Gasteiger partial charge on any atom is -0.391 e. The molecule has 1 aromatic heterocycles. The van der Waals surface area contributed by atoms with Gasteiger partial charge in [0.15, 0.2) is 0 Å². The summed E-state index contributed by atoms with van der Waals surface area (Å²) in [4.78, 5) is 3.51. The van der Waals surface area contributed by atoms with Gasteiger partial charge in [0.2, 0.25) is 11.6 Å². The van der Waals surface area contributed by atoms with Crippen LogP contribution < -0.4 is 4.90 Å². The number of rotatable bonds is 1. The Bertz CT molecular complexity index is 400. The largest absolute Gasteiger partial charge is 0.391 e. The molecule has 1 aliphatic rings. The predicted molar refractivity (Wildman–Crippen MR) is 46.9 cm³/mol. The minimum absolute atomic E-state index is 0.0588. The Morgan fingerprint density at radius 3 is 2.12 bits per heavy atom. The average molecular weight is 236 g/mol. The molecule has 0 bridgehead atoms. The highest BCUT2D eigenvalue weighted by Crippen LogP contribution is 2.28. The average Bonchev–Trinajstić information content (AvgIpc) is 2.62. The molecule has 7 heteroatoms. The van der Waals surface area contributed by atoms with Crippen molar-refractivity contribution in [1.29, 1.82) is 0 Å². The first-order valence-electron chi connectivity index (χ1n) is 4.63. The molecule has 2 rings (SSSR count). The fourth-order valence-electron chi connectivity index (χ4n) is 1.70. The predicted octanol–water partition coefficient (Wildman–Crippen LogP) is 1.21. The standard InChI is InChI=1S/C9H8F4N2O/c10-5-7(15-2-1-4(16)3-15)6(11)9(13)14-8(5)12/h4,16H,1-3H2/t4-/m0/s1. The number of nitrogens with zero attached hydrogens (tertiary/aromatic N) is 2. The Balaban J connectivity index is 2.47. The monoisotopic (exact) mass is 236 g/mol. The lowest BCUT2D eigenvalue weighted by atomic mass is 10.3. The summed E-state index contributed by atoms with van der Waals surface area (Å²) in [5, 5.41) is 9.19. The third-order valence-corrected chi connectivity index (χ3v) is 2.45. The SMILES string of the molecule is O[C@H]1CCN(c2c(F)c(F)nc(F)c2F)C1. The zero-order valence-electron chi connectivity index (χ0n) is 8.05. The van der Waals surface area contributed by atoms with Crippen molar-refractivity contribution in [2.45, 2.75) is 12.5 Å². The van der Waals surface area contributed by atoms with Crippen molar-refractivity contribution in [3.05, 3.63) is 23.5 Å². The molecular weight excluding hydrogens is 228 g/mol. The number of aliphatic hydroxyl groups is 1. The molecule has 0 saturated carbocycles. The van der Waals surface area contributed by atoms with Gasteiger partial charge in [-0.05, 0) is 6.42 Å². The summed E-state index contributed by atoms with van der Waals surface area (Å²) < 4.78 is 52.1. The van der Waals surface area contributed by atoms with E-state index in [-0.39, 0.29) is 13.1 Å². The van der Waals surface area contributed by atoms with Gasteiger partial charge < -0.3 is 10.0 Å². The number of hydrogen-bond acceptors (Lipinski definition) is 3. The molecule has 0 aromatic carbocycles. The minimum atomic E-state index is -1.68. The lowest BCUT2D eigenvalue weighted by Gasteiger charge is -2.19. The number of halogens is 4. The van der Waals surface area contributed by atoms with Gasteiger partial charge in [0, 0.05) is 13.1 Å². The molecule has 1 fully saturated rings. The van der Waals surface area contributed by atoms with Gasteiger partial charge in [-0.2, -0.15) is 22.5 Å². The van der Waals surface area contributed by atoms with E-state index in [0.29, 0.717) is 6.42 Å². The van der Waals surface area contributed by atoms with E-state index in [2.05, 4.69) is 4.98 Å². The summed E-state index contributed by atoms with van der Waals surface area (Å²) in [6, 6.07) is 0. The second-order valence-electron chi connectivity index (χ2n) is 3.56. The highest BCUT2D eigenvalue weighted by molar-refractivity contribution is 5.49. The molecule has 2 heterocycles. The van der Waals surface area contributed by atoms with Crippen LogP contribution in [0.1, 0.15) is 6.42 Å². The molecule has 3 nitrogen and oxygen atoms in total. The van der Waals surface area contributed by atoms with Crippen molar-refractivity contribution in [1.82, 2.24) is 4.98 Å². The third-order valence-electron chi connectivity index (χ3n) is 2.45. The second-order valence-corrected chi connectivity index (χ2v) is 3.56. The fourth-order valence-corrected chi connectivity index (χ4v) is 1.70. The Hall–Kier alpha value is -1.37. The third kappa shape index (κ3) is 1.71. The lowest BCUT2D eigenvalue weighted by molar-refractivity contribution is 0.198. The van der Waals surface area contributed by atoms with Gasteiger partial charge in [0.25, 0.3) is 11.9 Å². The number of aliphatic hydroxyl groups excluding tert-OH is 1. The topological polar surface area (TPSA) is 36.4 Å². The Morgan fingerprint density at radius 2 is 1.69 bits per heavy atom. The first-order chi connectivity index (χ1) is 7.50. The van der Waals surface area contributed by atoms with E-state index in [9.17, 15) is 22.7 Å². The molecular formula is C9H8F4N2O. The highest BCUT2D eigenvalue weighted by Gasteiger charge is 2.29. The van der Waals surface area contributed by atoms with E-state index in [1.165, 1.54) is 0 Å². The second kappa shape index (κ2) is 3.89. The van der Waals surface area contributed by atoms with Crippen LogP contribution in [0.2, 0.25) is 0 Å². The normalized spacial score (nSPS) is 20.6. The van der Waals surface area contributed by atoms with Gasteiger partial charge in [0.05, 0.1) is 6.10 Å². The molecule has 1 N–H and O–H groups in total. The summed E-state index contributed by atoms with van der Waals surface area (Å²) in [6.07, 6.45) is -0.456. The molecule has 88 valence electrons. The van der Waals surface area contributed by atoms with Crippen molar-refractivity contribution >= 4 is 5.69 Å². The van der Waals surface area contributed by atoms with Crippen LogP contribution in [0, 0.1) is 23.5 Å². The zero-order valence-corrected chi connectivity index (χ0v) is 8.05. The number of anilines is 1. The summed E-state index contributed by atoms with van der Waals surface area (Å²) >= 11 is 0. The van der Waals surface area contributed by atoms with E-state index in [0.717, 1.165) is 4.90 Å². The first kappa shape index (κ1) is 11.1. The van der Waals surface area contributed by atoms with Crippen LogP contribution in [0.3, 0.4) is 0 Å². The van der Waals surface area contributed by atoms with Crippen molar-refractivity contribution in [3.63, 3.8) is 0 Å². The molecule has 0 radical (unpaired) electrons. The van der Waals surface area contributed by atoms with Gasteiger partial charge in [-0.15, -0.1) is 0 Å². The number of aromatic nitrogens is 1. The zero-order chi connectivity index (χ0) is 11.9. The van der Waals surface area contributed by atoms with Crippen LogP contribution in [0.4, 0.5) is 23.2 Å². The maximum absolute atomic E-state index is 13.3. The van der Waals surface area contributed by atoms with E-state index in [4.69, 9.17) is 0 Å². The first-order valence-corrected chi connectivity index (χ1v) is 4.63. The summed E-state index contributed by atoms with van der Waals surface area (Å²) in [7, 11) is 0. The fraction of sp³-hybridized carbons (Fsp3) is 0.444. The Kier molecular flexibility index (Phi) is 2.71. The van der Waals surface area contributed by atoms with Gasteiger partial charge in [-0.25, -0.2) is 0 Å². The van der Waals surface area contributed by atoms with E-state index in [1.807, 2.05) is 0 Å². The van der Waals surface area contributed by atoms with Crippen LogP contribution in [-0.2, 0) is 0 Å². The van der Waals surface area contributed by atoms with Crippen molar-refractivity contribution in [2.75, 3.05) is 18.0 Å². The van der Waals surface area contributed by atoms with Crippen LogP contribution >= 0.6 is 0 Å². The molecule has 0 unspecified atom stereocenters. The quantitative estimate of drug-likeness (QED) is 0.588. The molecule has 0 aliphatic carbocycles. The highest BCUT2D eigenvalue weighted by atomic mass is 19.2. The van der Waals surface area contributed by atoms with Gasteiger partial charge in [-0.3, -0.25) is 0 Å². The molecule has 1 saturated heterocycles. The number of hydrogen-bond donors (Lipinski definition) is 1. The molecule has 1 aromatic rings. The van der Waals surface area contributed by atoms with Gasteiger partial charge in [0.1, 0.15) is 5.69 Å². The summed E-state index contributed by atoms with van der Waals surface area (Å²) in [5.74, 6) is -6.44. The van der Waals surface area contributed by atoms with E-state index < -0.39 is 35.3 Å². The molecule has 0 spiro atoms. The summed E-state index contributed by atoms with van der Waals surface area (Å²) in [6.45, 7) is 0.0780.